The van der Waals surface area contributed by atoms with Crippen LogP contribution in [0.4, 0.5) is 0 Å². The van der Waals surface area contributed by atoms with Crippen molar-refractivity contribution in [3.05, 3.63) is 0 Å². The lowest BCUT2D eigenvalue weighted by Crippen LogP contribution is -2.40. The highest BCUT2D eigenvalue weighted by molar-refractivity contribution is 5.77. The molecule has 0 bridgehead atoms. The highest BCUT2D eigenvalue weighted by atomic mass is 16.4. The van der Waals surface area contributed by atoms with Gasteiger partial charge in [-0.2, -0.15) is 0 Å². The Hall–Kier alpha value is -1.10. The number of hydrogen-bond acceptors (Lipinski definition) is 3. The first-order chi connectivity index (χ1) is 6.52. The van der Waals surface area contributed by atoms with E-state index in [1.807, 2.05) is 6.92 Å². The van der Waals surface area contributed by atoms with Crippen LogP contribution in [-0.4, -0.2) is 41.0 Å². The maximum absolute atomic E-state index is 11.5. The topological polar surface area (TPSA) is 83.6 Å². The van der Waals surface area contributed by atoms with Gasteiger partial charge >= 0.3 is 5.97 Å². The van der Waals surface area contributed by atoms with Gasteiger partial charge in [0.15, 0.2) is 0 Å². The van der Waals surface area contributed by atoms with E-state index in [1.54, 1.807) is 11.8 Å². The molecule has 0 aliphatic rings. The fourth-order valence-corrected chi connectivity index (χ4v) is 1.36. The van der Waals surface area contributed by atoms with Gasteiger partial charge in [0, 0.05) is 25.6 Å². The molecule has 5 nitrogen and oxygen atoms in total. The summed E-state index contributed by atoms with van der Waals surface area (Å²) >= 11 is 0. The normalized spacial score (nSPS) is 12.2. The molecule has 0 aromatic heterocycles. The molecule has 0 aliphatic heterocycles. The number of nitrogens with zero attached hydrogens (tertiary/aromatic N) is 1. The highest BCUT2D eigenvalue weighted by Crippen LogP contribution is 2.05. The Labute approximate surface area is 83.9 Å². The molecule has 82 valence electrons. The molecule has 1 atom stereocenters. The summed E-state index contributed by atoms with van der Waals surface area (Å²) in [5.41, 5.74) is 5.26. The van der Waals surface area contributed by atoms with Crippen LogP contribution in [0.1, 0.15) is 26.7 Å². The summed E-state index contributed by atoms with van der Waals surface area (Å²) in [6, 6.07) is -0.267. The van der Waals surface area contributed by atoms with E-state index in [2.05, 4.69) is 0 Å². The van der Waals surface area contributed by atoms with E-state index < -0.39 is 5.97 Å². The SMILES string of the molecule is CCN(C(=O)CCN)C(C)CC(=O)O. The van der Waals surface area contributed by atoms with Crippen LogP contribution >= 0.6 is 0 Å². The number of nitrogens with two attached hydrogens (primary N) is 1. The minimum Gasteiger partial charge on any atom is -0.481 e. The van der Waals surface area contributed by atoms with Gasteiger partial charge in [0.25, 0.3) is 0 Å². The zero-order chi connectivity index (χ0) is 11.1. The van der Waals surface area contributed by atoms with Crippen molar-refractivity contribution in [2.24, 2.45) is 5.73 Å². The van der Waals surface area contributed by atoms with E-state index in [-0.39, 0.29) is 24.8 Å². The Morgan fingerprint density at radius 1 is 1.50 bits per heavy atom. The lowest BCUT2D eigenvalue weighted by molar-refractivity contribution is -0.140. The predicted octanol–water partition coefficient (Wildman–Crippen LogP) is 0.0469. The van der Waals surface area contributed by atoms with Crippen molar-refractivity contribution in [3.63, 3.8) is 0 Å². The van der Waals surface area contributed by atoms with Gasteiger partial charge in [-0.1, -0.05) is 0 Å². The van der Waals surface area contributed by atoms with Crippen LogP contribution in [0.25, 0.3) is 0 Å². The van der Waals surface area contributed by atoms with Gasteiger partial charge in [-0.15, -0.1) is 0 Å². The quantitative estimate of drug-likeness (QED) is 0.637. The van der Waals surface area contributed by atoms with E-state index in [9.17, 15) is 9.59 Å². The zero-order valence-corrected chi connectivity index (χ0v) is 8.69. The van der Waals surface area contributed by atoms with Crippen molar-refractivity contribution in [3.8, 4) is 0 Å². The Morgan fingerprint density at radius 2 is 2.07 bits per heavy atom. The summed E-state index contributed by atoms with van der Waals surface area (Å²) in [5, 5.41) is 8.58. The summed E-state index contributed by atoms with van der Waals surface area (Å²) in [6.45, 7) is 4.38. The fourth-order valence-electron chi connectivity index (χ4n) is 1.36. The van der Waals surface area contributed by atoms with Gasteiger partial charge in [0.05, 0.1) is 6.42 Å². The van der Waals surface area contributed by atoms with Gasteiger partial charge in [0.2, 0.25) is 5.91 Å². The maximum Gasteiger partial charge on any atom is 0.305 e. The maximum atomic E-state index is 11.5. The fraction of sp³-hybridized carbons (Fsp3) is 0.778. The third kappa shape index (κ3) is 4.23. The Morgan fingerprint density at radius 3 is 2.43 bits per heavy atom. The van der Waals surface area contributed by atoms with Gasteiger partial charge in [-0.3, -0.25) is 9.59 Å². The van der Waals surface area contributed by atoms with E-state index in [0.29, 0.717) is 13.1 Å². The van der Waals surface area contributed by atoms with Crippen LogP contribution in [0.3, 0.4) is 0 Å². The highest BCUT2D eigenvalue weighted by Gasteiger charge is 2.19. The molecule has 0 aliphatic carbocycles. The van der Waals surface area contributed by atoms with Crippen LogP contribution < -0.4 is 5.73 Å². The average Bonchev–Trinajstić information content (AvgIpc) is 2.04. The smallest absolute Gasteiger partial charge is 0.305 e. The number of rotatable bonds is 6. The van der Waals surface area contributed by atoms with Gasteiger partial charge in [0.1, 0.15) is 0 Å². The van der Waals surface area contributed by atoms with Crippen LogP contribution in [0, 0.1) is 0 Å². The first-order valence-corrected chi connectivity index (χ1v) is 4.74. The number of aliphatic carboxylic acids is 1. The molecule has 0 aromatic rings. The van der Waals surface area contributed by atoms with Crippen LogP contribution in [-0.2, 0) is 9.59 Å². The average molecular weight is 202 g/mol. The van der Waals surface area contributed by atoms with Gasteiger partial charge in [-0.05, 0) is 13.8 Å². The second kappa shape index (κ2) is 6.37. The molecule has 1 amide bonds. The zero-order valence-electron chi connectivity index (χ0n) is 8.69. The largest absolute Gasteiger partial charge is 0.481 e. The number of carbonyl (C=O) groups excluding carboxylic acids is 1. The van der Waals surface area contributed by atoms with Gasteiger partial charge < -0.3 is 15.7 Å². The molecule has 0 aromatic carbocycles. The van der Waals surface area contributed by atoms with Crippen molar-refractivity contribution in [2.45, 2.75) is 32.7 Å². The minimum atomic E-state index is -0.892. The Balaban J connectivity index is 4.23. The molecule has 0 heterocycles. The monoisotopic (exact) mass is 202 g/mol. The Bertz CT molecular complexity index is 206. The Kier molecular flexibility index (Phi) is 5.87. The first kappa shape index (κ1) is 12.9. The van der Waals surface area contributed by atoms with E-state index >= 15 is 0 Å². The lowest BCUT2D eigenvalue weighted by atomic mass is 10.2. The summed E-state index contributed by atoms with van der Waals surface area (Å²) in [6.07, 6.45) is 0.252. The van der Waals surface area contributed by atoms with E-state index in [1.165, 1.54) is 0 Å². The lowest BCUT2D eigenvalue weighted by Gasteiger charge is -2.26. The molecule has 0 spiro atoms. The molecule has 14 heavy (non-hydrogen) atoms. The molecular weight excluding hydrogens is 184 g/mol. The van der Waals surface area contributed by atoms with Gasteiger partial charge in [-0.25, -0.2) is 0 Å². The van der Waals surface area contributed by atoms with Crippen molar-refractivity contribution in [1.29, 1.82) is 0 Å². The molecule has 0 saturated carbocycles. The third-order valence-electron chi connectivity index (χ3n) is 2.02. The number of carboxylic acid groups (broad SMARTS) is 1. The number of amides is 1. The second-order valence-corrected chi connectivity index (χ2v) is 3.17. The number of carbonyl (C=O) groups is 2. The molecule has 3 N–H and O–H groups in total. The van der Waals surface area contributed by atoms with Crippen LogP contribution in [0.5, 0.6) is 0 Å². The third-order valence-corrected chi connectivity index (χ3v) is 2.02. The second-order valence-electron chi connectivity index (χ2n) is 3.17. The molecule has 5 heteroatoms. The summed E-state index contributed by atoms with van der Waals surface area (Å²) < 4.78 is 0. The van der Waals surface area contributed by atoms with Crippen molar-refractivity contribution in [1.82, 2.24) is 4.90 Å². The van der Waals surface area contributed by atoms with Crippen molar-refractivity contribution >= 4 is 11.9 Å². The number of hydrogen-bond donors (Lipinski definition) is 2. The molecule has 0 rings (SSSR count). The summed E-state index contributed by atoms with van der Waals surface area (Å²) in [7, 11) is 0. The standard InChI is InChI=1S/C9H18N2O3/c1-3-11(8(12)4-5-10)7(2)6-9(13)14/h7H,3-6,10H2,1-2H3,(H,13,14). The molecular formula is C9H18N2O3. The van der Waals surface area contributed by atoms with Crippen LogP contribution in [0.2, 0.25) is 0 Å². The summed E-state index contributed by atoms with van der Waals surface area (Å²) in [5.74, 6) is -0.972. The van der Waals surface area contributed by atoms with Crippen LogP contribution in [0.15, 0.2) is 0 Å². The first-order valence-electron chi connectivity index (χ1n) is 4.74. The van der Waals surface area contributed by atoms with E-state index in [0.717, 1.165) is 0 Å². The van der Waals surface area contributed by atoms with Crippen molar-refractivity contribution in [2.75, 3.05) is 13.1 Å². The number of carboxylic acids is 1. The predicted molar refractivity (Wildman–Crippen MR) is 52.8 cm³/mol. The molecule has 0 saturated heterocycles. The minimum absolute atomic E-state index is 0.0237. The van der Waals surface area contributed by atoms with Crippen molar-refractivity contribution < 1.29 is 14.7 Å². The molecule has 0 radical (unpaired) electrons. The molecule has 0 fully saturated rings. The summed E-state index contributed by atoms with van der Waals surface area (Å²) in [4.78, 5) is 23.4. The molecule has 1 unspecified atom stereocenters. The van der Waals surface area contributed by atoms with E-state index in [4.69, 9.17) is 10.8 Å².